The van der Waals surface area contributed by atoms with Crippen LogP contribution in [0.25, 0.3) is 11.1 Å². The highest BCUT2D eigenvalue weighted by Crippen LogP contribution is 2.33. The maximum absolute atomic E-state index is 13.0. The smallest absolute Gasteiger partial charge is 0.255 e. The predicted octanol–water partition coefficient (Wildman–Crippen LogP) is 9.23. The molecule has 0 heterocycles. The molecule has 0 atom stereocenters. The van der Waals surface area contributed by atoms with E-state index in [1.54, 1.807) is 0 Å². The van der Waals surface area contributed by atoms with Crippen LogP contribution in [0.2, 0.25) is 0 Å². The van der Waals surface area contributed by atoms with Crippen LogP contribution in [-0.2, 0) is 6.42 Å². The van der Waals surface area contributed by atoms with E-state index in [4.69, 9.17) is 9.47 Å². The number of hydrogen-bond donors (Lipinski definition) is 1. The largest absolute Gasteiger partial charge is 0.493 e. The lowest BCUT2D eigenvalue weighted by atomic mass is 10.0. The van der Waals surface area contributed by atoms with Crippen LogP contribution in [0, 0.1) is 0 Å². The van der Waals surface area contributed by atoms with Crippen molar-refractivity contribution < 1.29 is 14.3 Å². The fraction of sp³-hybridized carbons (Fsp3) is 0.265. The van der Waals surface area contributed by atoms with Crippen molar-refractivity contribution in [3.05, 3.63) is 113 Å². The van der Waals surface area contributed by atoms with Crippen molar-refractivity contribution in [3.63, 3.8) is 0 Å². The summed E-state index contributed by atoms with van der Waals surface area (Å²) in [4.78, 5) is 13.0. The molecule has 1 amide bonds. The molecule has 0 spiro atoms. The molecular weight excluding hydrogens is 550 g/mol. The minimum atomic E-state index is -0.124. The average molecular weight is 587 g/mol. The molecule has 4 aromatic rings. The van der Waals surface area contributed by atoms with Gasteiger partial charge in [-0.3, -0.25) is 4.79 Å². The number of halogens is 1. The monoisotopic (exact) mass is 585 g/mol. The molecule has 0 bridgehead atoms. The van der Waals surface area contributed by atoms with Crippen LogP contribution in [0.5, 0.6) is 17.2 Å². The summed E-state index contributed by atoms with van der Waals surface area (Å²) in [6.07, 6.45) is 6.58. The van der Waals surface area contributed by atoms with E-state index in [1.807, 2.05) is 66.7 Å². The van der Waals surface area contributed by atoms with Gasteiger partial charge in [-0.25, -0.2) is 0 Å². The second kappa shape index (κ2) is 15.1. The molecule has 0 aliphatic rings. The standard InChI is InChI=1S/C34H36BrNO3/c1-2-3-4-5-11-24-38-32-21-20-28(35)25-31(32)34(37)36-23-22-26-16-18-27(19-17-26)30-14-9-10-15-33(30)39-29-12-7-6-8-13-29/h6-10,12-21,25H,2-5,11,22-24H2,1H3,(H,36,37). The zero-order chi connectivity index (χ0) is 27.3. The van der Waals surface area contributed by atoms with Gasteiger partial charge in [0.05, 0.1) is 12.2 Å². The maximum Gasteiger partial charge on any atom is 0.255 e. The molecule has 0 fully saturated rings. The van der Waals surface area contributed by atoms with Crippen molar-refractivity contribution in [2.75, 3.05) is 13.2 Å². The third-order valence-electron chi connectivity index (χ3n) is 6.51. The Bertz CT molecular complexity index is 1320. The summed E-state index contributed by atoms with van der Waals surface area (Å²) >= 11 is 3.48. The van der Waals surface area contributed by atoms with E-state index in [0.717, 1.165) is 51.9 Å². The van der Waals surface area contributed by atoms with Gasteiger partial charge in [0.1, 0.15) is 17.2 Å². The van der Waals surface area contributed by atoms with Gasteiger partial charge in [-0.1, -0.05) is 109 Å². The van der Waals surface area contributed by atoms with E-state index in [1.165, 1.54) is 19.3 Å². The lowest BCUT2D eigenvalue weighted by Crippen LogP contribution is -2.26. The van der Waals surface area contributed by atoms with Crippen molar-refractivity contribution in [3.8, 4) is 28.4 Å². The Balaban J connectivity index is 1.32. The van der Waals surface area contributed by atoms with Crippen molar-refractivity contribution in [2.45, 2.75) is 45.4 Å². The van der Waals surface area contributed by atoms with Crippen LogP contribution >= 0.6 is 15.9 Å². The van der Waals surface area contributed by atoms with Gasteiger partial charge < -0.3 is 14.8 Å². The normalized spacial score (nSPS) is 10.7. The molecule has 0 saturated carbocycles. The summed E-state index contributed by atoms with van der Waals surface area (Å²) < 4.78 is 13.0. The fourth-order valence-corrected chi connectivity index (χ4v) is 4.73. The van der Waals surface area contributed by atoms with E-state index in [0.29, 0.717) is 24.5 Å². The molecule has 0 saturated heterocycles. The van der Waals surface area contributed by atoms with Gasteiger partial charge in [-0.2, -0.15) is 0 Å². The highest BCUT2D eigenvalue weighted by Gasteiger charge is 2.13. The number of rotatable bonds is 14. The van der Waals surface area contributed by atoms with Gasteiger partial charge in [-0.05, 0) is 60.4 Å². The highest BCUT2D eigenvalue weighted by atomic mass is 79.9. The van der Waals surface area contributed by atoms with E-state index >= 15 is 0 Å². The molecule has 202 valence electrons. The Kier molecular flexibility index (Phi) is 11.0. The topological polar surface area (TPSA) is 47.6 Å². The predicted molar refractivity (Wildman–Crippen MR) is 163 cm³/mol. The van der Waals surface area contributed by atoms with Crippen LogP contribution in [0.3, 0.4) is 0 Å². The lowest BCUT2D eigenvalue weighted by molar-refractivity contribution is 0.0950. The van der Waals surface area contributed by atoms with Crippen LogP contribution in [0.4, 0.5) is 0 Å². The molecule has 5 heteroatoms. The van der Waals surface area contributed by atoms with Gasteiger partial charge in [0.25, 0.3) is 5.91 Å². The molecule has 0 aliphatic heterocycles. The maximum atomic E-state index is 13.0. The molecule has 4 aromatic carbocycles. The first-order valence-electron chi connectivity index (χ1n) is 13.8. The minimum absolute atomic E-state index is 0.124. The minimum Gasteiger partial charge on any atom is -0.493 e. The third-order valence-corrected chi connectivity index (χ3v) is 7.01. The van der Waals surface area contributed by atoms with Crippen LogP contribution in [-0.4, -0.2) is 19.1 Å². The van der Waals surface area contributed by atoms with Crippen molar-refractivity contribution in [2.24, 2.45) is 0 Å². The number of para-hydroxylation sites is 2. The Morgan fingerprint density at radius 1 is 0.795 bits per heavy atom. The van der Waals surface area contributed by atoms with Crippen LogP contribution in [0.15, 0.2) is 102 Å². The third kappa shape index (κ3) is 8.72. The van der Waals surface area contributed by atoms with E-state index in [9.17, 15) is 4.79 Å². The molecule has 0 aliphatic carbocycles. The zero-order valence-corrected chi connectivity index (χ0v) is 24.1. The Hall–Kier alpha value is -3.57. The molecule has 0 unspecified atom stereocenters. The number of hydrogen-bond acceptors (Lipinski definition) is 3. The summed E-state index contributed by atoms with van der Waals surface area (Å²) in [5.41, 5.74) is 3.83. The average Bonchev–Trinajstić information content (AvgIpc) is 2.97. The molecular formula is C34H36BrNO3. The zero-order valence-electron chi connectivity index (χ0n) is 22.5. The van der Waals surface area contributed by atoms with Gasteiger partial charge in [0.2, 0.25) is 0 Å². The van der Waals surface area contributed by atoms with Gasteiger partial charge in [0.15, 0.2) is 0 Å². The lowest BCUT2D eigenvalue weighted by Gasteiger charge is -2.13. The van der Waals surface area contributed by atoms with Crippen LogP contribution < -0.4 is 14.8 Å². The van der Waals surface area contributed by atoms with E-state index < -0.39 is 0 Å². The SMILES string of the molecule is CCCCCCCOc1ccc(Br)cc1C(=O)NCCc1ccc(-c2ccccc2Oc2ccccc2)cc1. The summed E-state index contributed by atoms with van der Waals surface area (Å²) in [6, 6.07) is 31.9. The summed E-state index contributed by atoms with van der Waals surface area (Å²) in [5, 5.41) is 3.06. The fourth-order valence-electron chi connectivity index (χ4n) is 4.37. The van der Waals surface area contributed by atoms with E-state index in [-0.39, 0.29) is 5.91 Å². The first kappa shape index (κ1) is 28.4. The number of ether oxygens (including phenoxy) is 2. The quantitative estimate of drug-likeness (QED) is 0.150. The Morgan fingerprint density at radius 2 is 1.54 bits per heavy atom. The number of nitrogens with one attached hydrogen (secondary N) is 1. The Labute approximate surface area is 240 Å². The first-order chi connectivity index (χ1) is 19.1. The second-order valence-electron chi connectivity index (χ2n) is 9.52. The van der Waals surface area contributed by atoms with Crippen molar-refractivity contribution >= 4 is 21.8 Å². The van der Waals surface area contributed by atoms with Crippen molar-refractivity contribution in [1.29, 1.82) is 0 Å². The summed E-state index contributed by atoms with van der Waals surface area (Å²) in [7, 11) is 0. The van der Waals surface area contributed by atoms with E-state index in [2.05, 4.69) is 58.5 Å². The molecule has 4 nitrogen and oxygen atoms in total. The molecule has 4 rings (SSSR count). The molecule has 39 heavy (non-hydrogen) atoms. The van der Waals surface area contributed by atoms with Gasteiger partial charge in [0, 0.05) is 16.6 Å². The number of benzene rings is 4. The molecule has 1 N–H and O–H groups in total. The summed E-state index contributed by atoms with van der Waals surface area (Å²) in [6.45, 7) is 3.37. The molecule has 0 radical (unpaired) electrons. The number of carbonyl (C=O) groups is 1. The van der Waals surface area contributed by atoms with Crippen LogP contribution in [0.1, 0.15) is 54.9 Å². The van der Waals surface area contributed by atoms with Gasteiger partial charge >= 0.3 is 0 Å². The summed E-state index contributed by atoms with van der Waals surface area (Å²) in [5.74, 6) is 2.13. The highest BCUT2D eigenvalue weighted by molar-refractivity contribution is 9.10. The first-order valence-corrected chi connectivity index (χ1v) is 14.5. The second-order valence-corrected chi connectivity index (χ2v) is 10.4. The number of unbranched alkanes of at least 4 members (excludes halogenated alkanes) is 4. The van der Waals surface area contributed by atoms with Crippen molar-refractivity contribution in [1.82, 2.24) is 5.32 Å². The number of carbonyl (C=O) groups excluding carboxylic acids is 1. The van der Waals surface area contributed by atoms with Gasteiger partial charge in [-0.15, -0.1) is 0 Å². The Morgan fingerprint density at radius 3 is 2.33 bits per heavy atom. The molecule has 0 aromatic heterocycles. The number of amides is 1.